The third kappa shape index (κ3) is 12.0. The van der Waals surface area contributed by atoms with E-state index in [0.29, 0.717) is 26.4 Å². The molecule has 0 saturated carbocycles. The van der Waals surface area contributed by atoms with E-state index in [1.165, 1.54) is 38.5 Å². The molecule has 0 spiro atoms. The zero-order valence-electron chi connectivity index (χ0n) is 17.9. The van der Waals surface area contributed by atoms with E-state index >= 15 is 0 Å². The van der Waals surface area contributed by atoms with Crippen molar-refractivity contribution < 1.29 is 57.1 Å². The molecule has 0 bridgehead atoms. The lowest BCUT2D eigenvalue weighted by atomic mass is 10.1. The Morgan fingerprint density at radius 2 is 0.906 bits per heavy atom. The van der Waals surface area contributed by atoms with Crippen LogP contribution < -0.4 is 0 Å². The fraction of sp³-hybridized carbons (Fsp3) is 0.500. The predicted molar refractivity (Wildman–Crippen MR) is 105 cm³/mol. The zero-order valence-corrected chi connectivity index (χ0v) is 17.9. The largest absolute Gasteiger partial charge is 0.516 e. The van der Waals surface area contributed by atoms with E-state index in [4.69, 9.17) is 28.4 Å². The van der Waals surface area contributed by atoms with Crippen LogP contribution in [0.25, 0.3) is 0 Å². The first-order valence-corrected chi connectivity index (χ1v) is 9.49. The quantitative estimate of drug-likeness (QED) is 0.227. The van der Waals surface area contributed by atoms with Crippen molar-refractivity contribution in [2.45, 2.75) is 0 Å². The molecule has 1 aromatic rings. The minimum atomic E-state index is -1.19. The van der Waals surface area contributed by atoms with Gasteiger partial charge < -0.3 is 37.9 Å². The van der Waals surface area contributed by atoms with E-state index in [9.17, 15) is 19.2 Å². The van der Waals surface area contributed by atoms with Crippen molar-refractivity contribution in [2.24, 2.45) is 0 Å². The van der Waals surface area contributed by atoms with Crippen LogP contribution in [0.2, 0.25) is 0 Å². The maximum Gasteiger partial charge on any atom is 0.516 e. The van der Waals surface area contributed by atoms with Gasteiger partial charge in [-0.15, -0.1) is 0 Å². The molecule has 32 heavy (non-hydrogen) atoms. The van der Waals surface area contributed by atoms with Gasteiger partial charge in [0.15, 0.2) is 0 Å². The molecule has 0 heterocycles. The summed E-state index contributed by atoms with van der Waals surface area (Å²) >= 11 is 0. The van der Waals surface area contributed by atoms with Gasteiger partial charge in [-0.3, -0.25) is 0 Å². The fourth-order valence-electron chi connectivity index (χ4n) is 1.93. The molecule has 1 rings (SSSR count). The third-order valence-electron chi connectivity index (χ3n) is 3.47. The van der Waals surface area contributed by atoms with Crippen molar-refractivity contribution in [1.82, 2.24) is 0 Å². The van der Waals surface area contributed by atoms with Gasteiger partial charge in [-0.1, -0.05) is 0 Å². The van der Waals surface area contributed by atoms with Crippen LogP contribution in [0.1, 0.15) is 20.7 Å². The highest BCUT2D eigenvalue weighted by atomic mass is 16.7. The smallest absolute Gasteiger partial charge is 0.431 e. The Labute approximate surface area is 184 Å². The van der Waals surface area contributed by atoms with Gasteiger partial charge in [0.1, 0.15) is 13.2 Å². The summed E-state index contributed by atoms with van der Waals surface area (Å²) in [6.07, 6.45) is -2.38. The summed E-state index contributed by atoms with van der Waals surface area (Å²) in [5.74, 6) is -1.97. The number of carbonyl (C=O) groups excluding carboxylic acids is 4. The molecule has 0 saturated heterocycles. The highest BCUT2D eigenvalue weighted by Gasteiger charge is 2.17. The van der Waals surface area contributed by atoms with Gasteiger partial charge in [0.2, 0.25) is 0 Å². The second-order valence-corrected chi connectivity index (χ2v) is 5.76. The minimum absolute atomic E-state index is 0.0226. The molecule has 0 aliphatic heterocycles. The van der Waals surface area contributed by atoms with E-state index in [-0.39, 0.29) is 37.6 Å². The number of rotatable bonds is 14. The van der Waals surface area contributed by atoms with Crippen LogP contribution in [0, 0.1) is 0 Å². The number of hydrogen-bond acceptors (Lipinski definition) is 12. The van der Waals surface area contributed by atoms with Crippen molar-refractivity contribution in [1.29, 1.82) is 0 Å². The zero-order chi connectivity index (χ0) is 23.6. The second-order valence-electron chi connectivity index (χ2n) is 5.76. The summed E-state index contributed by atoms with van der Waals surface area (Å²) < 4.78 is 38.2. The van der Waals surface area contributed by atoms with E-state index in [2.05, 4.69) is 9.47 Å². The predicted octanol–water partition coefficient (Wildman–Crippen LogP) is 1.60. The van der Waals surface area contributed by atoms with E-state index in [1.807, 2.05) is 0 Å². The molecule has 12 heteroatoms. The maximum atomic E-state index is 11.9. The Morgan fingerprint density at radius 3 is 1.25 bits per heavy atom. The van der Waals surface area contributed by atoms with Gasteiger partial charge in [-0.05, 0) is 24.3 Å². The van der Waals surface area contributed by atoms with Crippen molar-refractivity contribution >= 4 is 24.2 Å². The van der Waals surface area contributed by atoms with Crippen molar-refractivity contribution in [3.63, 3.8) is 0 Å². The molecule has 0 unspecified atom stereocenters. The molecule has 1 aromatic carbocycles. The molecular formula is C20H26O12. The molecule has 0 atom stereocenters. The van der Waals surface area contributed by atoms with Gasteiger partial charge in [0, 0.05) is 14.2 Å². The Hall–Kier alpha value is -3.06. The molecule has 0 fully saturated rings. The Bertz CT molecular complexity index is 655. The number of esters is 2. The number of methoxy groups -OCH3 is 2. The van der Waals surface area contributed by atoms with Gasteiger partial charge in [0.25, 0.3) is 0 Å². The summed E-state index contributed by atoms with van der Waals surface area (Å²) in [4.78, 5) is 46.8. The fourth-order valence-corrected chi connectivity index (χ4v) is 1.93. The number of hydrogen-bond donors (Lipinski definition) is 0. The normalized spacial score (nSPS) is 10.3. The Morgan fingerprint density at radius 1 is 0.562 bits per heavy atom. The second kappa shape index (κ2) is 16.6. The topological polar surface area (TPSA) is 142 Å². The first-order valence-electron chi connectivity index (χ1n) is 9.49. The van der Waals surface area contributed by atoms with Gasteiger partial charge in [-0.25, -0.2) is 19.2 Å². The van der Waals surface area contributed by atoms with Crippen molar-refractivity contribution in [3.8, 4) is 0 Å². The van der Waals surface area contributed by atoms with E-state index in [0.717, 1.165) is 0 Å². The highest BCUT2D eigenvalue weighted by Crippen LogP contribution is 2.09. The summed E-state index contributed by atoms with van der Waals surface area (Å²) in [5, 5.41) is 0. The number of benzene rings is 1. The lowest BCUT2D eigenvalue weighted by Gasteiger charge is -2.07. The molecule has 0 aliphatic rings. The third-order valence-corrected chi connectivity index (χ3v) is 3.47. The molecule has 0 N–H and O–H groups in total. The first kappa shape index (κ1) is 27.0. The lowest BCUT2D eigenvalue weighted by Crippen LogP contribution is -2.18. The maximum absolute atomic E-state index is 11.9. The minimum Gasteiger partial charge on any atom is -0.431 e. The van der Waals surface area contributed by atoms with Crippen molar-refractivity contribution in [2.75, 3.05) is 67.1 Å². The van der Waals surface area contributed by atoms with E-state index < -0.39 is 24.2 Å². The summed E-state index contributed by atoms with van der Waals surface area (Å²) in [6, 6.07) is 4.87. The summed E-state index contributed by atoms with van der Waals surface area (Å²) in [5.41, 5.74) is -0.0451. The van der Waals surface area contributed by atoms with Crippen LogP contribution in [0.5, 0.6) is 0 Å². The van der Waals surface area contributed by atoms with Crippen LogP contribution in [0.15, 0.2) is 24.3 Å². The van der Waals surface area contributed by atoms with Crippen LogP contribution in [0.4, 0.5) is 9.59 Å². The lowest BCUT2D eigenvalue weighted by molar-refractivity contribution is 0.0147. The summed E-state index contributed by atoms with van der Waals surface area (Å²) in [7, 11) is 3.05. The standard InChI is InChI=1S/C20H26O12/c1-25-7-9-27-11-13-29-19(23)31-17(21)15-3-5-16(6-4-15)18(22)32-20(24)30-14-12-28-10-8-26-2/h3-6H,7-14H2,1-2H3. The molecule has 0 aromatic heterocycles. The van der Waals surface area contributed by atoms with Crippen LogP contribution >= 0.6 is 0 Å². The van der Waals surface area contributed by atoms with Crippen LogP contribution in [0.3, 0.4) is 0 Å². The number of carbonyl (C=O) groups is 4. The van der Waals surface area contributed by atoms with Gasteiger partial charge in [0.05, 0.1) is 50.8 Å². The first-order chi connectivity index (χ1) is 15.5. The number of ether oxygens (including phenoxy) is 8. The Balaban J connectivity index is 2.33. The molecule has 0 aliphatic carbocycles. The van der Waals surface area contributed by atoms with Crippen LogP contribution in [-0.4, -0.2) is 91.3 Å². The van der Waals surface area contributed by atoms with E-state index in [1.54, 1.807) is 0 Å². The van der Waals surface area contributed by atoms with Crippen LogP contribution in [-0.2, 0) is 37.9 Å². The van der Waals surface area contributed by atoms with Gasteiger partial charge >= 0.3 is 24.2 Å². The SMILES string of the molecule is COCCOCCOC(=O)OC(=O)c1ccc(C(=O)OC(=O)OCCOCCOC)cc1. The van der Waals surface area contributed by atoms with Gasteiger partial charge in [-0.2, -0.15) is 0 Å². The molecule has 0 amide bonds. The summed E-state index contributed by atoms with van der Waals surface area (Å²) in [6.45, 7) is 1.51. The Kier molecular flexibility index (Phi) is 14.0. The highest BCUT2D eigenvalue weighted by molar-refractivity contribution is 5.98. The molecule has 0 radical (unpaired) electrons. The average Bonchev–Trinajstić information content (AvgIpc) is 2.78. The van der Waals surface area contributed by atoms with Crippen molar-refractivity contribution in [3.05, 3.63) is 35.4 Å². The molecule has 12 nitrogen and oxygen atoms in total. The molecule has 178 valence electrons. The monoisotopic (exact) mass is 458 g/mol. The average molecular weight is 458 g/mol. The molecular weight excluding hydrogens is 432 g/mol.